The van der Waals surface area contributed by atoms with Crippen LogP contribution in [-0.2, 0) is 11.2 Å². The fourth-order valence-electron chi connectivity index (χ4n) is 2.66. The van der Waals surface area contributed by atoms with Gasteiger partial charge in [-0.05, 0) is 29.7 Å². The standard InChI is InChI=1S/C18H17NO3S/c20-16-12-23-17(14-6-8-15(9-7-14)18(21)22)19(16)11-10-13-4-2-1-3-5-13/h1-9,17H,10-12H2,(H,21,22)/t17-/m0/s1. The van der Waals surface area contributed by atoms with Crippen molar-refractivity contribution in [2.75, 3.05) is 12.3 Å². The van der Waals surface area contributed by atoms with Gasteiger partial charge in [0, 0.05) is 6.54 Å². The van der Waals surface area contributed by atoms with E-state index in [1.54, 1.807) is 36.0 Å². The van der Waals surface area contributed by atoms with Crippen LogP contribution in [0.5, 0.6) is 0 Å². The fourth-order valence-corrected chi connectivity index (χ4v) is 3.88. The third-order valence-electron chi connectivity index (χ3n) is 3.90. The van der Waals surface area contributed by atoms with Crippen molar-refractivity contribution < 1.29 is 14.7 Å². The molecule has 0 spiro atoms. The largest absolute Gasteiger partial charge is 0.478 e. The first-order chi connectivity index (χ1) is 11.1. The van der Waals surface area contributed by atoms with E-state index < -0.39 is 5.97 Å². The van der Waals surface area contributed by atoms with Crippen LogP contribution in [0.4, 0.5) is 0 Å². The molecule has 2 aromatic rings. The molecule has 1 atom stereocenters. The maximum absolute atomic E-state index is 12.2. The first-order valence-electron chi connectivity index (χ1n) is 7.43. The average Bonchev–Trinajstić information content (AvgIpc) is 2.95. The zero-order valence-corrected chi connectivity index (χ0v) is 13.3. The molecule has 1 saturated heterocycles. The highest BCUT2D eigenvalue weighted by Gasteiger charge is 2.32. The molecule has 0 saturated carbocycles. The van der Waals surface area contributed by atoms with Crippen molar-refractivity contribution in [3.8, 4) is 0 Å². The average molecular weight is 327 g/mol. The number of rotatable bonds is 5. The summed E-state index contributed by atoms with van der Waals surface area (Å²) in [5.41, 5.74) is 2.44. The van der Waals surface area contributed by atoms with Crippen LogP contribution >= 0.6 is 11.8 Å². The van der Waals surface area contributed by atoms with E-state index >= 15 is 0 Å². The number of carboxylic acids is 1. The summed E-state index contributed by atoms with van der Waals surface area (Å²) in [5, 5.41) is 8.94. The van der Waals surface area contributed by atoms with Crippen molar-refractivity contribution in [1.82, 2.24) is 4.90 Å². The van der Waals surface area contributed by atoms with E-state index in [9.17, 15) is 9.59 Å². The molecule has 0 aromatic heterocycles. The Bertz CT molecular complexity index is 700. The van der Waals surface area contributed by atoms with Crippen molar-refractivity contribution in [1.29, 1.82) is 0 Å². The maximum Gasteiger partial charge on any atom is 0.335 e. The molecule has 0 unspecified atom stereocenters. The number of carboxylic acid groups (broad SMARTS) is 1. The number of nitrogens with zero attached hydrogens (tertiary/aromatic N) is 1. The number of hydrogen-bond donors (Lipinski definition) is 1. The first-order valence-corrected chi connectivity index (χ1v) is 8.48. The second-order valence-corrected chi connectivity index (χ2v) is 6.48. The molecule has 0 bridgehead atoms. The van der Waals surface area contributed by atoms with Gasteiger partial charge in [0.25, 0.3) is 0 Å². The number of aromatic carboxylic acids is 1. The Kier molecular flexibility index (Phi) is 4.67. The molecule has 5 heteroatoms. The Morgan fingerprint density at radius 1 is 1.13 bits per heavy atom. The van der Waals surface area contributed by atoms with Crippen molar-refractivity contribution >= 4 is 23.6 Å². The van der Waals surface area contributed by atoms with E-state index in [0.29, 0.717) is 12.3 Å². The van der Waals surface area contributed by atoms with Gasteiger partial charge in [-0.15, -0.1) is 11.8 Å². The normalized spacial score (nSPS) is 17.5. The minimum atomic E-state index is -0.937. The number of thioether (sulfide) groups is 1. The zero-order chi connectivity index (χ0) is 16.2. The van der Waals surface area contributed by atoms with Crippen LogP contribution in [0, 0.1) is 0 Å². The van der Waals surface area contributed by atoms with Crippen LogP contribution < -0.4 is 0 Å². The van der Waals surface area contributed by atoms with Gasteiger partial charge in [0.05, 0.1) is 11.3 Å². The van der Waals surface area contributed by atoms with E-state index in [2.05, 4.69) is 12.1 Å². The van der Waals surface area contributed by atoms with Gasteiger partial charge >= 0.3 is 5.97 Å². The summed E-state index contributed by atoms with van der Waals surface area (Å²) < 4.78 is 0. The van der Waals surface area contributed by atoms with Gasteiger partial charge in [-0.3, -0.25) is 4.79 Å². The molecule has 1 amide bonds. The molecule has 0 radical (unpaired) electrons. The lowest BCUT2D eigenvalue weighted by Crippen LogP contribution is -2.30. The number of carbonyl (C=O) groups excluding carboxylic acids is 1. The van der Waals surface area contributed by atoms with Gasteiger partial charge in [0.15, 0.2) is 0 Å². The summed E-state index contributed by atoms with van der Waals surface area (Å²) in [6.45, 7) is 0.668. The smallest absolute Gasteiger partial charge is 0.335 e. The van der Waals surface area contributed by atoms with E-state index in [1.165, 1.54) is 5.56 Å². The molecule has 0 aliphatic carbocycles. The summed E-state index contributed by atoms with van der Waals surface area (Å²) in [6.07, 6.45) is 0.816. The van der Waals surface area contributed by atoms with E-state index in [1.807, 2.05) is 23.1 Å². The third-order valence-corrected chi connectivity index (χ3v) is 5.15. The van der Waals surface area contributed by atoms with Crippen molar-refractivity contribution in [3.05, 3.63) is 71.3 Å². The second kappa shape index (κ2) is 6.87. The van der Waals surface area contributed by atoms with Crippen molar-refractivity contribution in [2.24, 2.45) is 0 Å². The molecule has 1 fully saturated rings. The lowest BCUT2D eigenvalue weighted by atomic mass is 10.1. The molecule has 2 aromatic carbocycles. The summed E-state index contributed by atoms with van der Waals surface area (Å²) in [4.78, 5) is 25.0. The summed E-state index contributed by atoms with van der Waals surface area (Å²) in [5.74, 6) is -0.328. The predicted octanol–water partition coefficient (Wildman–Crippen LogP) is 3.20. The number of carbonyl (C=O) groups is 2. The molecule has 1 aliphatic rings. The van der Waals surface area contributed by atoms with Crippen LogP contribution in [0.2, 0.25) is 0 Å². The van der Waals surface area contributed by atoms with E-state index in [-0.39, 0.29) is 16.8 Å². The second-order valence-electron chi connectivity index (χ2n) is 5.41. The molecule has 4 nitrogen and oxygen atoms in total. The van der Waals surface area contributed by atoms with Crippen LogP contribution in [0.3, 0.4) is 0 Å². The van der Waals surface area contributed by atoms with Crippen LogP contribution in [0.25, 0.3) is 0 Å². The minimum absolute atomic E-state index is 0.0333. The number of benzene rings is 2. The number of amides is 1. The van der Waals surface area contributed by atoms with Crippen molar-refractivity contribution in [3.63, 3.8) is 0 Å². The van der Waals surface area contributed by atoms with Gasteiger partial charge in [-0.2, -0.15) is 0 Å². The van der Waals surface area contributed by atoms with Crippen LogP contribution in [0.1, 0.15) is 26.9 Å². The molecule has 1 N–H and O–H groups in total. The van der Waals surface area contributed by atoms with Crippen molar-refractivity contribution in [2.45, 2.75) is 11.8 Å². The highest BCUT2D eigenvalue weighted by atomic mass is 32.2. The molecule has 3 rings (SSSR count). The monoisotopic (exact) mass is 327 g/mol. The SMILES string of the molecule is O=C(O)c1ccc([C@@H]2SCC(=O)N2CCc2ccccc2)cc1. The Morgan fingerprint density at radius 2 is 1.83 bits per heavy atom. The summed E-state index contributed by atoms with van der Waals surface area (Å²) in [7, 11) is 0. The molecule has 118 valence electrons. The van der Waals surface area contributed by atoms with Gasteiger partial charge in [0.2, 0.25) is 5.91 Å². The summed E-state index contributed by atoms with van der Waals surface area (Å²) >= 11 is 1.59. The Hall–Kier alpha value is -2.27. The molecule has 23 heavy (non-hydrogen) atoms. The van der Waals surface area contributed by atoms with Gasteiger partial charge in [-0.1, -0.05) is 42.5 Å². The number of hydrogen-bond acceptors (Lipinski definition) is 3. The van der Waals surface area contributed by atoms with Crippen LogP contribution in [-0.4, -0.2) is 34.2 Å². The highest BCUT2D eigenvalue weighted by molar-refractivity contribution is 8.00. The van der Waals surface area contributed by atoms with Gasteiger partial charge < -0.3 is 10.0 Å². The first kappa shape index (κ1) is 15.6. The van der Waals surface area contributed by atoms with Gasteiger partial charge in [0.1, 0.15) is 5.37 Å². The predicted molar refractivity (Wildman–Crippen MR) is 90.5 cm³/mol. The summed E-state index contributed by atoms with van der Waals surface area (Å²) in [6, 6.07) is 16.9. The van der Waals surface area contributed by atoms with Gasteiger partial charge in [-0.25, -0.2) is 4.79 Å². The topological polar surface area (TPSA) is 57.6 Å². The molecular weight excluding hydrogens is 310 g/mol. The quantitative estimate of drug-likeness (QED) is 0.916. The van der Waals surface area contributed by atoms with Crippen LogP contribution in [0.15, 0.2) is 54.6 Å². The van der Waals surface area contributed by atoms with E-state index in [4.69, 9.17) is 5.11 Å². The molecular formula is C18H17NO3S. The maximum atomic E-state index is 12.2. The third kappa shape index (κ3) is 3.56. The Labute approximate surface area is 139 Å². The van der Waals surface area contributed by atoms with E-state index in [0.717, 1.165) is 12.0 Å². The Morgan fingerprint density at radius 3 is 2.48 bits per heavy atom. The zero-order valence-electron chi connectivity index (χ0n) is 12.5. The molecule has 1 heterocycles. The lowest BCUT2D eigenvalue weighted by Gasteiger charge is -2.24. The highest BCUT2D eigenvalue weighted by Crippen LogP contribution is 2.38. The fraction of sp³-hybridized carbons (Fsp3) is 0.222. The molecule has 1 aliphatic heterocycles. The lowest BCUT2D eigenvalue weighted by molar-refractivity contribution is -0.128. The Balaban J connectivity index is 1.72. The minimum Gasteiger partial charge on any atom is -0.478 e.